The molecule has 7 nitrogen and oxygen atoms in total. The standard InChI is InChI=1S/C32H32FN3O4/c1-18(37)24-16-36-13-12-22-21-8-5-7-20(19-10-11-28-29(14-19)40-17-39-28)30(21)34-31(22)27(36)15-26(24)35(2)32(38)23-6-3-4-9-25(23)33/h3-11,14,18,24,26-27,34,37H,12-13,15-17H2,1-2H3/t18-,24-,26-,27-/m0/s1. The highest BCUT2D eigenvalue weighted by molar-refractivity contribution is 5.97. The summed E-state index contributed by atoms with van der Waals surface area (Å²) in [5.74, 6) is 0.468. The van der Waals surface area contributed by atoms with E-state index in [1.165, 1.54) is 23.1 Å². The van der Waals surface area contributed by atoms with E-state index in [4.69, 9.17) is 9.47 Å². The van der Waals surface area contributed by atoms with Gasteiger partial charge in [-0.05, 0) is 55.2 Å². The van der Waals surface area contributed by atoms with Crippen LogP contribution in [0.1, 0.15) is 41.0 Å². The van der Waals surface area contributed by atoms with Crippen molar-refractivity contribution >= 4 is 16.8 Å². The number of benzene rings is 3. The van der Waals surface area contributed by atoms with Gasteiger partial charge in [0.1, 0.15) is 5.82 Å². The topological polar surface area (TPSA) is 78.0 Å². The summed E-state index contributed by atoms with van der Waals surface area (Å²) in [6.07, 6.45) is 0.937. The molecule has 8 heteroatoms. The minimum atomic E-state index is -0.608. The van der Waals surface area contributed by atoms with Crippen molar-refractivity contribution in [1.29, 1.82) is 0 Å². The molecule has 2 N–H and O–H groups in total. The summed E-state index contributed by atoms with van der Waals surface area (Å²) in [4.78, 5) is 21.3. The first-order valence-corrected chi connectivity index (χ1v) is 13.9. The fourth-order valence-electron chi connectivity index (χ4n) is 6.92. The van der Waals surface area contributed by atoms with Crippen LogP contribution in [0.25, 0.3) is 22.0 Å². The number of nitrogens with zero attached hydrogens (tertiary/aromatic N) is 2. The number of aromatic nitrogens is 1. The first-order chi connectivity index (χ1) is 19.4. The van der Waals surface area contributed by atoms with E-state index in [9.17, 15) is 14.3 Å². The number of hydrogen-bond acceptors (Lipinski definition) is 5. The van der Waals surface area contributed by atoms with Crippen molar-refractivity contribution in [3.05, 3.63) is 83.3 Å². The molecule has 40 heavy (non-hydrogen) atoms. The lowest BCUT2D eigenvalue weighted by Gasteiger charge is -2.49. The van der Waals surface area contributed by atoms with Crippen LogP contribution in [0.2, 0.25) is 0 Å². The van der Waals surface area contributed by atoms with Gasteiger partial charge in [0.15, 0.2) is 11.5 Å². The molecular formula is C32H32FN3O4. The highest BCUT2D eigenvalue weighted by atomic mass is 19.1. The molecule has 0 radical (unpaired) electrons. The molecule has 0 aliphatic carbocycles. The van der Waals surface area contributed by atoms with Crippen LogP contribution in [0.3, 0.4) is 0 Å². The SMILES string of the molecule is C[C@H](O)[C@@H]1CN2CCc3c([nH]c4c(-c5ccc6c(c5)OCO6)cccc34)[C@@H]2C[C@@H]1N(C)C(=O)c1ccccc1F. The molecule has 0 saturated carbocycles. The van der Waals surface area contributed by atoms with Crippen molar-refractivity contribution in [2.45, 2.75) is 38.0 Å². The lowest BCUT2D eigenvalue weighted by atomic mass is 9.79. The molecule has 1 fully saturated rings. The molecule has 3 aromatic carbocycles. The smallest absolute Gasteiger partial charge is 0.256 e. The number of amides is 1. The predicted molar refractivity (Wildman–Crippen MR) is 150 cm³/mol. The van der Waals surface area contributed by atoms with Crippen LogP contribution >= 0.6 is 0 Å². The fraction of sp³-hybridized carbons (Fsp3) is 0.344. The van der Waals surface area contributed by atoms with Crippen molar-refractivity contribution < 1.29 is 23.8 Å². The number of nitrogens with one attached hydrogen (secondary N) is 1. The van der Waals surface area contributed by atoms with Gasteiger partial charge in [-0.1, -0.05) is 36.4 Å². The monoisotopic (exact) mass is 541 g/mol. The zero-order valence-corrected chi connectivity index (χ0v) is 22.6. The zero-order chi connectivity index (χ0) is 27.5. The maximum atomic E-state index is 14.5. The Balaban J connectivity index is 1.26. The molecule has 4 heterocycles. The van der Waals surface area contributed by atoms with Crippen LogP contribution in [-0.4, -0.2) is 64.9 Å². The quantitative estimate of drug-likeness (QED) is 0.374. The maximum absolute atomic E-state index is 14.5. The maximum Gasteiger partial charge on any atom is 0.256 e. The van der Waals surface area contributed by atoms with E-state index in [0.717, 1.165) is 46.8 Å². The van der Waals surface area contributed by atoms with E-state index in [1.54, 1.807) is 31.0 Å². The van der Waals surface area contributed by atoms with Crippen molar-refractivity contribution in [2.24, 2.45) is 5.92 Å². The number of halogens is 1. The van der Waals surface area contributed by atoms with Crippen LogP contribution in [0.5, 0.6) is 11.5 Å². The van der Waals surface area contributed by atoms with Gasteiger partial charge in [-0.2, -0.15) is 0 Å². The van der Waals surface area contributed by atoms with E-state index < -0.39 is 11.9 Å². The summed E-state index contributed by atoms with van der Waals surface area (Å²) in [5.41, 5.74) is 5.75. The van der Waals surface area contributed by atoms with Gasteiger partial charge in [0, 0.05) is 48.7 Å². The lowest BCUT2D eigenvalue weighted by molar-refractivity contribution is -0.0240. The number of carbonyl (C=O) groups is 1. The molecule has 3 aliphatic rings. The third-order valence-electron chi connectivity index (χ3n) is 9.03. The third-order valence-corrected chi connectivity index (χ3v) is 9.03. The van der Waals surface area contributed by atoms with Crippen LogP contribution < -0.4 is 9.47 Å². The van der Waals surface area contributed by atoms with Crippen LogP contribution in [0.15, 0.2) is 60.7 Å². The zero-order valence-electron chi connectivity index (χ0n) is 22.6. The van der Waals surface area contributed by atoms with Gasteiger partial charge in [-0.3, -0.25) is 9.69 Å². The van der Waals surface area contributed by atoms with E-state index in [1.807, 2.05) is 12.1 Å². The molecule has 4 aromatic rings. The van der Waals surface area contributed by atoms with E-state index >= 15 is 0 Å². The van der Waals surface area contributed by atoms with Gasteiger partial charge < -0.3 is 24.5 Å². The van der Waals surface area contributed by atoms with E-state index in [-0.39, 0.29) is 36.3 Å². The molecule has 1 aromatic heterocycles. The second-order valence-electron chi connectivity index (χ2n) is 11.2. The molecule has 0 spiro atoms. The molecule has 1 saturated heterocycles. The number of rotatable bonds is 4. The van der Waals surface area contributed by atoms with Crippen molar-refractivity contribution in [3.63, 3.8) is 0 Å². The minimum absolute atomic E-state index is 0.0524. The van der Waals surface area contributed by atoms with E-state index in [0.29, 0.717) is 13.0 Å². The Morgan fingerprint density at radius 2 is 1.95 bits per heavy atom. The number of para-hydroxylation sites is 1. The number of aromatic amines is 1. The summed E-state index contributed by atoms with van der Waals surface area (Å²) in [6, 6.07) is 18.3. The first kappa shape index (κ1) is 25.1. The Hall–Kier alpha value is -3.88. The van der Waals surface area contributed by atoms with Gasteiger partial charge >= 0.3 is 0 Å². The molecule has 7 rings (SSSR count). The number of ether oxygens (including phenoxy) is 2. The number of aliphatic hydroxyl groups excluding tert-OH is 1. The predicted octanol–water partition coefficient (Wildman–Crippen LogP) is 5.14. The molecule has 0 bridgehead atoms. The Kier molecular flexibility index (Phi) is 6.05. The lowest BCUT2D eigenvalue weighted by Crippen LogP contribution is -2.56. The average Bonchev–Trinajstić information content (AvgIpc) is 3.60. The second kappa shape index (κ2) is 9.64. The summed E-state index contributed by atoms with van der Waals surface area (Å²) >= 11 is 0. The van der Waals surface area contributed by atoms with Crippen LogP contribution in [-0.2, 0) is 6.42 Å². The van der Waals surface area contributed by atoms with Crippen LogP contribution in [0.4, 0.5) is 4.39 Å². The summed E-state index contributed by atoms with van der Waals surface area (Å²) in [5, 5.41) is 12.0. The number of hydrogen-bond donors (Lipinski definition) is 2. The highest BCUT2D eigenvalue weighted by Gasteiger charge is 2.44. The Morgan fingerprint density at radius 1 is 1.12 bits per heavy atom. The molecular weight excluding hydrogens is 509 g/mol. The van der Waals surface area contributed by atoms with E-state index in [2.05, 4.69) is 34.1 Å². The number of H-pyrrole nitrogens is 1. The second-order valence-corrected chi connectivity index (χ2v) is 11.2. The normalized spacial score (nSPS) is 22.6. The molecule has 4 atom stereocenters. The summed E-state index contributed by atoms with van der Waals surface area (Å²) in [6.45, 7) is 3.56. The number of aliphatic hydroxyl groups is 1. The fourth-order valence-corrected chi connectivity index (χ4v) is 6.92. The first-order valence-electron chi connectivity index (χ1n) is 13.9. The van der Waals surface area contributed by atoms with Gasteiger partial charge in [0.05, 0.1) is 23.2 Å². The average molecular weight is 542 g/mol. The number of carbonyl (C=O) groups excluding carboxylic acids is 1. The Labute approximate surface area is 232 Å². The highest BCUT2D eigenvalue weighted by Crippen LogP contribution is 2.45. The van der Waals surface area contributed by atoms with Crippen LogP contribution in [0, 0.1) is 11.7 Å². The molecule has 0 unspecified atom stereocenters. The van der Waals surface area contributed by atoms with Crippen molar-refractivity contribution in [1.82, 2.24) is 14.8 Å². The summed E-state index contributed by atoms with van der Waals surface area (Å²) in [7, 11) is 1.73. The largest absolute Gasteiger partial charge is 0.454 e. The number of fused-ring (bicyclic) bond motifs is 6. The minimum Gasteiger partial charge on any atom is -0.454 e. The Bertz CT molecular complexity index is 1620. The van der Waals surface area contributed by atoms with Crippen molar-refractivity contribution in [3.8, 4) is 22.6 Å². The van der Waals surface area contributed by atoms with Gasteiger partial charge in [-0.15, -0.1) is 0 Å². The number of piperidine rings is 1. The van der Waals surface area contributed by atoms with Crippen molar-refractivity contribution in [2.75, 3.05) is 26.9 Å². The molecule has 206 valence electrons. The van der Waals surface area contributed by atoms with Gasteiger partial charge in [0.25, 0.3) is 5.91 Å². The van der Waals surface area contributed by atoms with Gasteiger partial charge in [-0.25, -0.2) is 4.39 Å². The molecule has 3 aliphatic heterocycles. The van der Waals surface area contributed by atoms with Gasteiger partial charge in [0.2, 0.25) is 6.79 Å². The summed E-state index contributed by atoms with van der Waals surface area (Å²) < 4.78 is 25.7. The molecule has 1 amide bonds. The third kappa shape index (κ3) is 3.97. The Morgan fingerprint density at radius 3 is 2.77 bits per heavy atom.